The maximum Gasteiger partial charge on any atom is 0.261 e. The molecular weight excluding hydrogens is 355 g/mol. The number of sulfonamides is 1. The third-order valence-electron chi connectivity index (χ3n) is 3.72. The molecule has 0 bridgehead atoms. The zero-order valence-corrected chi connectivity index (χ0v) is 14.0. The van der Waals surface area contributed by atoms with Crippen molar-refractivity contribution in [1.29, 1.82) is 0 Å². The Labute approximate surface area is 143 Å². The molecule has 0 saturated heterocycles. The summed E-state index contributed by atoms with van der Waals surface area (Å²) < 4.78 is 40.1. The van der Waals surface area contributed by atoms with Crippen molar-refractivity contribution in [2.75, 3.05) is 11.4 Å². The lowest BCUT2D eigenvalue weighted by atomic mass is 9.96. The van der Waals surface area contributed by atoms with Gasteiger partial charge in [0.2, 0.25) is 0 Å². The van der Waals surface area contributed by atoms with Crippen LogP contribution in [0.3, 0.4) is 0 Å². The monoisotopic (exact) mass is 368 g/mol. The highest BCUT2D eigenvalue weighted by atomic mass is 35.5. The molecule has 0 aliphatic carbocycles. The van der Waals surface area contributed by atoms with Crippen LogP contribution >= 0.6 is 11.6 Å². The van der Waals surface area contributed by atoms with Crippen molar-refractivity contribution in [3.8, 4) is 0 Å². The molecule has 1 heterocycles. The molecule has 24 heavy (non-hydrogen) atoms. The summed E-state index contributed by atoms with van der Waals surface area (Å²) in [4.78, 5) is 12.0. The summed E-state index contributed by atoms with van der Waals surface area (Å²) >= 11 is 5.77. The Bertz CT molecular complexity index is 885. The van der Waals surface area contributed by atoms with E-state index in [2.05, 4.69) is 10.0 Å². The van der Waals surface area contributed by atoms with Crippen molar-refractivity contribution in [3.05, 3.63) is 58.6 Å². The van der Waals surface area contributed by atoms with E-state index in [0.29, 0.717) is 22.7 Å². The van der Waals surface area contributed by atoms with E-state index in [1.807, 2.05) is 0 Å². The number of hydrogen-bond acceptors (Lipinski definition) is 3. The molecule has 1 aliphatic heterocycles. The van der Waals surface area contributed by atoms with E-state index >= 15 is 0 Å². The van der Waals surface area contributed by atoms with Gasteiger partial charge in [0, 0.05) is 16.3 Å². The fourth-order valence-electron chi connectivity index (χ4n) is 2.52. The summed E-state index contributed by atoms with van der Waals surface area (Å²) in [5.41, 5.74) is 1.24. The Hall–Kier alpha value is -2.12. The highest BCUT2D eigenvalue weighted by Crippen LogP contribution is 2.23. The van der Waals surface area contributed by atoms with Gasteiger partial charge in [-0.15, -0.1) is 0 Å². The molecule has 0 spiro atoms. The SMILES string of the molecule is O=C1N[C@@H](CF)Cc2ccc(S(=O)(=O)Nc3ccc(Cl)cc3)cc21. The molecule has 0 radical (unpaired) electrons. The maximum absolute atomic E-state index is 12.8. The topological polar surface area (TPSA) is 75.3 Å². The van der Waals surface area contributed by atoms with E-state index in [0.717, 1.165) is 0 Å². The van der Waals surface area contributed by atoms with E-state index in [-0.39, 0.29) is 10.5 Å². The van der Waals surface area contributed by atoms with Gasteiger partial charge in [-0.25, -0.2) is 12.8 Å². The predicted molar refractivity (Wildman–Crippen MR) is 89.6 cm³/mol. The van der Waals surface area contributed by atoms with Crippen LogP contribution < -0.4 is 10.0 Å². The molecule has 3 rings (SSSR count). The van der Waals surface area contributed by atoms with Crippen molar-refractivity contribution in [3.63, 3.8) is 0 Å². The number of rotatable bonds is 4. The number of hydrogen-bond donors (Lipinski definition) is 2. The molecule has 1 aliphatic rings. The van der Waals surface area contributed by atoms with Gasteiger partial charge >= 0.3 is 0 Å². The average Bonchev–Trinajstić information content (AvgIpc) is 2.56. The quantitative estimate of drug-likeness (QED) is 0.871. The van der Waals surface area contributed by atoms with Crippen molar-refractivity contribution in [2.45, 2.75) is 17.4 Å². The van der Waals surface area contributed by atoms with Crippen LogP contribution in [-0.4, -0.2) is 27.0 Å². The summed E-state index contributed by atoms with van der Waals surface area (Å²) in [6.07, 6.45) is 0.336. The second-order valence-electron chi connectivity index (χ2n) is 5.46. The lowest BCUT2D eigenvalue weighted by Gasteiger charge is -2.23. The Balaban J connectivity index is 1.91. The first-order valence-corrected chi connectivity index (χ1v) is 9.03. The molecule has 0 aromatic heterocycles. The van der Waals surface area contributed by atoms with Crippen LogP contribution in [0.2, 0.25) is 5.02 Å². The Morgan fingerprint density at radius 3 is 2.58 bits per heavy atom. The molecule has 126 valence electrons. The molecule has 0 fully saturated rings. The van der Waals surface area contributed by atoms with Crippen molar-refractivity contribution in [1.82, 2.24) is 5.32 Å². The first-order valence-electron chi connectivity index (χ1n) is 7.17. The number of halogens is 2. The molecule has 2 N–H and O–H groups in total. The molecule has 5 nitrogen and oxygen atoms in total. The van der Waals surface area contributed by atoms with E-state index in [1.165, 1.54) is 24.3 Å². The molecule has 0 unspecified atom stereocenters. The van der Waals surface area contributed by atoms with Gasteiger partial charge in [0.15, 0.2) is 0 Å². The van der Waals surface area contributed by atoms with Crippen molar-refractivity contribution in [2.24, 2.45) is 0 Å². The van der Waals surface area contributed by atoms with Crippen LogP contribution in [0.4, 0.5) is 10.1 Å². The minimum Gasteiger partial charge on any atom is -0.346 e. The van der Waals surface area contributed by atoms with Crippen LogP contribution in [0.5, 0.6) is 0 Å². The fraction of sp³-hybridized carbons (Fsp3) is 0.188. The zero-order valence-electron chi connectivity index (χ0n) is 12.4. The Morgan fingerprint density at radius 1 is 1.21 bits per heavy atom. The van der Waals surface area contributed by atoms with Crippen LogP contribution in [0.15, 0.2) is 47.4 Å². The van der Waals surface area contributed by atoms with Crippen LogP contribution in [0.25, 0.3) is 0 Å². The maximum atomic E-state index is 12.8. The number of alkyl halides is 1. The van der Waals surface area contributed by atoms with Gasteiger partial charge in [0.25, 0.3) is 15.9 Å². The molecule has 1 amide bonds. The van der Waals surface area contributed by atoms with E-state index < -0.39 is 28.6 Å². The minimum absolute atomic E-state index is 0.0370. The second-order valence-corrected chi connectivity index (χ2v) is 7.58. The fourth-order valence-corrected chi connectivity index (χ4v) is 3.73. The zero-order chi connectivity index (χ0) is 17.3. The molecule has 0 saturated carbocycles. The van der Waals surface area contributed by atoms with E-state index in [4.69, 9.17) is 11.6 Å². The first-order chi connectivity index (χ1) is 11.4. The molecule has 2 aromatic carbocycles. The highest BCUT2D eigenvalue weighted by Gasteiger charge is 2.26. The lowest BCUT2D eigenvalue weighted by molar-refractivity contribution is 0.0917. The van der Waals surface area contributed by atoms with Crippen molar-refractivity contribution >= 4 is 33.2 Å². The van der Waals surface area contributed by atoms with Gasteiger partial charge in [-0.3, -0.25) is 9.52 Å². The summed E-state index contributed by atoms with van der Waals surface area (Å²) in [6, 6.07) is 9.90. The molecule has 8 heteroatoms. The molecule has 2 aromatic rings. The smallest absolute Gasteiger partial charge is 0.261 e. The lowest BCUT2D eigenvalue weighted by Crippen LogP contribution is -2.42. The van der Waals surface area contributed by atoms with Gasteiger partial charge in [-0.05, 0) is 48.4 Å². The van der Waals surface area contributed by atoms with Crippen LogP contribution in [0, 0.1) is 0 Å². The third-order valence-corrected chi connectivity index (χ3v) is 5.35. The van der Waals surface area contributed by atoms with Gasteiger partial charge < -0.3 is 5.32 Å². The summed E-state index contributed by atoms with van der Waals surface area (Å²) in [7, 11) is -3.85. The van der Waals surface area contributed by atoms with Gasteiger partial charge in [-0.2, -0.15) is 0 Å². The van der Waals surface area contributed by atoms with Gasteiger partial charge in [-0.1, -0.05) is 17.7 Å². The number of benzene rings is 2. The van der Waals surface area contributed by atoms with E-state index in [1.54, 1.807) is 18.2 Å². The van der Waals surface area contributed by atoms with Gasteiger partial charge in [0.1, 0.15) is 6.67 Å². The van der Waals surface area contributed by atoms with E-state index in [9.17, 15) is 17.6 Å². The molecular formula is C16H14ClFN2O3S. The number of anilines is 1. The Morgan fingerprint density at radius 2 is 1.92 bits per heavy atom. The summed E-state index contributed by atoms with van der Waals surface area (Å²) in [6.45, 7) is -0.663. The van der Waals surface area contributed by atoms with Crippen LogP contribution in [0.1, 0.15) is 15.9 Å². The normalized spacial score (nSPS) is 17.1. The summed E-state index contributed by atoms with van der Waals surface area (Å²) in [5.74, 6) is -0.470. The number of carbonyl (C=O) groups excluding carboxylic acids is 1. The molecule has 1 atom stereocenters. The number of fused-ring (bicyclic) bond motifs is 1. The highest BCUT2D eigenvalue weighted by molar-refractivity contribution is 7.92. The number of carbonyl (C=O) groups is 1. The minimum atomic E-state index is -3.85. The number of amides is 1. The number of nitrogens with one attached hydrogen (secondary N) is 2. The third kappa shape index (κ3) is 3.37. The second kappa shape index (κ2) is 6.41. The standard InChI is InChI=1S/C16H14ClFN2O3S/c17-11-2-4-12(5-3-11)20-24(22,23)14-6-1-10-7-13(9-18)19-16(21)15(10)8-14/h1-6,8,13,20H,7,9H2,(H,19,21)/t13-/m1/s1. The Kier molecular flexibility index (Phi) is 4.47. The van der Waals surface area contributed by atoms with Crippen molar-refractivity contribution < 1.29 is 17.6 Å². The van der Waals surface area contributed by atoms with Gasteiger partial charge in [0.05, 0.1) is 10.9 Å². The summed E-state index contributed by atoms with van der Waals surface area (Å²) in [5, 5.41) is 3.00. The predicted octanol–water partition coefficient (Wildman–Crippen LogP) is 2.76. The first kappa shape index (κ1) is 16.7. The van der Waals surface area contributed by atoms with Crippen LogP contribution in [-0.2, 0) is 16.4 Å². The largest absolute Gasteiger partial charge is 0.346 e. The average molecular weight is 369 g/mol.